The summed E-state index contributed by atoms with van der Waals surface area (Å²) >= 11 is 1.47. The maximum absolute atomic E-state index is 12.4. The Kier molecular flexibility index (Phi) is 4.88. The van der Waals surface area contributed by atoms with Gasteiger partial charge in [-0.25, -0.2) is 4.98 Å². The molecular weight excluding hydrogens is 370 g/mol. The fourth-order valence-electron chi connectivity index (χ4n) is 3.15. The van der Waals surface area contributed by atoms with E-state index in [0.29, 0.717) is 17.2 Å². The molecule has 28 heavy (non-hydrogen) atoms. The van der Waals surface area contributed by atoms with Crippen molar-refractivity contribution in [3.63, 3.8) is 0 Å². The molecule has 5 nitrogen and oxygen atoms in total. The summed E-state index contributed by atoms with van der Waals surface area (Å²) in [6, 6.07) is 15.5. The highest BCUT2D eigenvalue weighted by Crippen LogP contribution is 2.33. The van der Waals surface area contributed by atoms with Crippen molar-refractivity contribution in [1.82, 2.24) is 9.38 Å². The lowest BCUT2D eigenvalue weighted by atomic mass is 10.1. The van der Waals surface area contributed by atoms with Crippen molar-refractivity contribution >= 4 is 22.0 Å². The Morgan fingerprint density at radius 1 is 1.07 bits per heavy atom. The summed E-state index contributed by atoms with van der Waals surface area (Å²) in [4.78, 5) is 17.7. The van der Waals surface area contributed by atoms with E-state index >= 15 is 0 Å². The summed E-state index contributed by atoms with van der Waals surface area (Å²) in [5.74, 6) is 1.60. The van der Waals surface area contributed by atoms with Crippen molar-refractivity contribution in [2.45, 2.75) is 27.3 Å². The fourth-order valence-corrected chi connectivity index (χ4v) is 4.04. The quantitative estimate of drug-likeness (QED) is 0.515. The third-order valence-corrected chi connectivity index (χ3v) is 5.54. The van der Waals surface area contributed by atoms with Gasteiger partial charge in [0.25, 0.3) is 5.56 Å². The molecule has 0 saturated heterocycles. The van der Waals surface area contributed by atoms with Crippen LogP contribution in [0, 0.1) is 20.8 Å². The Labute approximate surface area is 167 Å². The van der Waals surface area contributed by atoms with Crippen LogP contribution in [0.1, 0.15) is 22.5 Å². The lowest BCUT2D eigenvalue weighted by Gasteiger charge is -2.15. The number of anilines is 1. The molecule has 4 rings (SSSR count). The van der Waals surface area contributed by atoms with Gasteiger partial charge in [0.2, 0.25) is 0 Å². The molecule has 2 heterocycles. The van der Waals surface area contributed by atoms with Crippen molar-refractivity contribution in [1.29, 1.82) is 0 Å². The number of para-hydroxylation sites is 3. The minimum Gasteiger partial charge on any atom is -0.455 e. The van der Waals surface area contributed by atoms with E-state index in [0.717, 1.165) is 34.0 Å². The van der Waals surface area contributed by atoms with Crippen LogP contribution in [0.4, 0.5) is 5.69 Å². The molecule has 0 fully saturated rings. The molecule has 0 aliphatic rings. The standard InChI is InChI=1S/C22H21N3O2S/c1-14-7-6-8-15(2)21(14)27-19-10-5-4-9-18(19)23-12-17-11-20(26)25-16(3)13-28-22(25)24-17/h4-11,13,23H,12H2,1-3H3. The fraction of sp³-hybridized carbons (Fsp3) is 0.182. The van der Waals surface area contributed by atoms with Crippen molar-refractivity contribution in [2.75, 3.05) is 5.32 Å². The van der Waals surface area contributed by atoms with E-state index in [9.17, 15) is 4.79 Å². The molecule has 0 bridgehead atoms. The molecule has 1 N–H and O–H groups in total. The number of thiazole rings is 1. The van der Waals surface area contributed by atoms with E-state index in [2.05, 4.69) is 10.3 Å². The average molecular weight is 391 g/mol. The third-order valence-electron chi connectivity index (χ3n) is 4.60. The highest BCUT2D eigenvalue weighted by molar-refractivity contribution is 7.15. The highest BCUT2D eigenvalue weighted by Gasteiger charge is 2.10. The van der Waals surface area contributed by atoms with Crippen LogP contribution in [0.5, 0.6) is 11.5 Å². The monoisotopic (exact) mass is 391 g/mol. The highest BCUT2D eigenvalue weighted by atomic mass is 32.1. The molecule has 0 amide bonds. The van der Waals surface area contributed by atoms with E-state index < -0.39 is 0 Å². The van der Waals surface area contributed by atoms with Crippen LogP contribution in [-0.4, -0.2) is 9.38 Å². The number of aromatic nitrogens is 2. The summed E-state index contributed by atoms with van der Waals surface area (Å²) < 4.78 is 7.84. The Hall–Kier alpha value is -3.12. The smallest absolute Gasteiger partial charge is 0.259 e. The van der Waals surface area contributed by atoms with Crippen LogP contribution >= 0.6 is 11.3 Å². The summed E-state index contributed by atoms with van der Waals surface area (Å²) in [6.07, 6.45) is 0. The zero-order valence-corrected chi connectivity index (χ0v) is 16.8. The second-order valence-electron chi connectivity index (χ2n) is 6.75. The molecule has 0 unspecified atom stereocenters. The molecule has 0 radical (unpaired) electrons. The molecule has 0 aliphatic carbocycles. The molecular formula is C22H21N3O2S. The summed E-state index contributed by atoms with van der Waals surface area (Å²) in [6.45, 7) is 6.42. The Balaban J connectivity index is 1.59. The second-order valence-corrected chi connectivity index (χ2v) is 7.59. The van der Waals surface area contributed by atoms with E-state index in [-0.39, 0.29) is 5.56 Å². The van der Waals surface area contributed by atoms with E-state index in [1.807, 2.05) is 68.6 Å². The van der Waals surface area contributed by atoms with Crippen molar-refractivity contribution in [3.05, 3.63) is 86.8 Å². The Morgan fingerprint density at radius 2 is 1.82 bits per heavy atom. The zero-order chi connectivity index (χ0) is 19.7. The summed E-state index contributed by atoms with van der Waals surface area (Å²) in [7, 11) is 0. The summed E-state index contributed by atoms with van der Waals surface area (Å²) in [5.41, 5.74) is 4.58. The van der Waals surface area contributed by atoms with Crippen LogP contribution in [0.25, 0.3) is 4.96 Å². The predicted molar refractivity (Wildman–Crippen MR) is 114 cm³/mol. The van der Waals surface area contributed by atoms with E-state index in [1.165, 1.54) is 11.3 Å². The number of ether oxygens (including phenoxy) is 1. The van der Waals surface area contributed by atoms with Crippen LogP contribution in [0.2, 0.25) is 0 Å². The SMILES string of the molecule is Cc1cccc(C)c1Oc1ccccc1NCc1cc(=O)n2c(C)csc2n1. The molecule has 0 atom stereocenters. The number of nitrogens with zero attached hydrogens (tertiary/aromatic N) is 2. The first kappa shape index (κ1) is 18.3. The van der Waals surface area contributed by atoms with Crippen LogP contribution in [0.15, 0.2) is 58.7 Å². The van der Waals surface area contributed by atoms with Gasteiger partial charge in [0.05, 0.1) is 17.9 Å². The number of hydrogen-bond acceptors (Lipinski definition) is 5. The minimum absolute atomic E-state index is 0.0550. The van der Waals surface area contributed by atoms with Crippen LogP contribution in [0.3, 0.4) is 0 Å². The van der Waals surface area contributed by atoms with Gasteiger partial charge in [-0.1, -0.05) is 30.3 Å². The minimum atomic E-state index is -0.0550. The number of hydrogen-bond donors (Lipinski definition) is 1. The topological polar surface area (TPSA) is 55.6 Å². The zero-order valence-electron chi connectivity index (χ0n) is 16.0. The number of rotatable bonds is 5. The van der Waals surface area contributed by atoms with Gasteiger partial charge >= 0.3 is 0 Å². The lowest BCUT2D eigenvalue weighted by Crippen LogP contribution is -2.16. The van der Waals surface area contributed by atoms with Crippen molar-refractivity contribution < 1.29 is 4.74 Å². The maximum Gasteiger partial charge on any atom is 0.259 e. The maximum atomic E-state index is 12.4. The van der Waals surface area contributed by atoms with Crippen molar-refractivity contribution in [2.24, 2.45) is 0 Å². The largest absolute Gasteiger partial charge is 0.455 e. The molecule has 4 aromatic rings. The molecule has 0 saturated carbocycles. The number of nitrogens with one attached hydrogen (secondary N) is 1. The number of benzene rings is 2. The van der Waals surface area contributed by atoms with E-state index in [1.54, 1.807) is 10.5 Å². The van der Waals surface area contributed by atoms with Gasteiger partial charge in [-0.15, -0.1) is 11.3 Å². The van der Waals surface area contributed by atoms with E-state index in [4.69, 9.17) is 4.74 Å². The van der Waals surface area contributed by atoms with Gasteiger partial charge in [-0.3, -0.25) is 9.20 Å². The summed E-state index contributed by atoms with van der Waals surface area (Å²) in [5, 5.41) is 5.30. The third kappa shape index (κ3) is 3.51. The van der Waals surface area contributed by atoms with Crippen LogP contribution < -0.4 is 15.6 Å². The molecule has 2 aromatic carbocycles. The number of fused-ring (bicyclic) bond motifs is 1. The average Bonchev–Trinajstić information content (AvgIpc) is 3.05. The Morgan fingerprint density at radius 3 is 2.61 bits per heavy atom. The van der Waals surface area contributed by atoms with Crippen molar-refractivity contribution in [3.8, 4) is 11.5 Å². The van der Waals surface area contributed by atoms with Gasteiger partial charge in [0.1, 0.15) is 5.75 Å². The molecule has 142 valence electrons. The second kappa shape index (κ2) is 7.48. The molecule has 0 aliphatic heterocycles. The first-order chi connectivity index (χ1) is 13.5. The Bertz CT molecular complexity index is 1190. The normalized spacial score (nSPS) is 11.0. The lowest BCUT2D eigenvalue weighted by molar-refractivity contribution is 0.476. The molecule has 2 aromatic heterocycles. The predicted octanol–water partition coefficient (Wildman–Crippen LogP) is 5.09. The van der Waals surface area contributed by atoms with Gasteiger partial charge in [0.15, 0.2) is 10.7 Å². The van der Waals surface area contributed by atoms with Crippen LogP contribution in [-0.2, 0) is 6.54 Å². The molecule has 6 heteroatoms. The first-order valence-corrected chi connectivity index (χ1v) is 9.94. The van der Waals surface area contributed by atoms with Gasteiger partial charge in [0, 0.05) is 17.1 Å². The molecule has 0 spiro atoms. The van der Waals surface area contributed by atoms with Gasteiger partial charge in [-0.2, -0.15) is 0 Å². The van der Waals surface area contributed by atoms with Gasteiger partial charge < -0.3 is 10.1 Å². The first-order valence-electron chi connectivity index (χ1n) is 9.06. The number of aryl methyl sites for hydroxylation is 3. The van der Waals surface area contributed by atoms with Gasteiger partial charge in [-0.05, 0) is 44.0 Å².